The number of fused-ring (bicyclic) bond motifs is 1. The zero-order chi connectivity index (χ0) is 20.4. The number of aromatic nitrogens is 2. The fourth-order valence-corrected chi connectivity index (χ4v) is 3.67. The highest BCUT2D eigenvalue weighted by Crippen LogP contribution is 2.36. The van der Waals surface area contributed by atoms with Gasteiger partial charge in [-0.25, -0.2) is 4.98 Å². The molecule has 1 aromatic heterocycles. The summed E-state index contributed by atoms with van der Waals surface area (Å²) in [5, 5.41) is 0.758. The van der Waals surface area contributed by atoms with Crippen molar-refractivity contribution in [2.75, 3.05) is 0 Å². The summed E-state index contributed by atoms with van der Waals surface area (Å²) in [6.07, 6.45) is 2.14. The fraction of sp³-hybridized carbons (Fsp3) is 0.115. The number of hydrogen-bond donors (Lipinski definition) is 1. The van der Waals surface area contributed by atoms with Gasteiger partial charge in [0, 0.05) is 10.6 Å². The average Bonchev–Trinajstić information content (AvgIpc) is 3.16. The predicted octanol–water partition coefficient (Wildman–Crippen LogP) is 7.83. The number of allylic oxidation sites excluding steroid dienone is 4. The van der Waals surface area contributed by atoms with E-state index < -0.39 is 0 Å². The van der Waals surface area contributed by atoms with Crippen LogP contribution in [-0.2, 0) is 0 Å². The lowest BCUT2D eigenvalue weighted by atomic mass is 9.93. The topological polar surface area (TPSA) is 28.7 Å². The summed E-state index contributed by atoms with van der Waals surface area (Å²) in [7, 11) is 0. The third kappa shape index (κ3) is 4.03. The van der Waals surface area contributed by atoms with Gasteiger partial charge in [-0.1, -0.05) is 77.8 Å². The van der Waals surface area contributed by atoms with Crippen molar-refractivity contribution in [3.63, 3.8) is 0 Å². The molecule has 0 bridgehead atoms. The number of para-hydroxylation sites is 2. The maximum atomic E-state index is 6.56. The smallest absolute Gasteiger partial charge is 0.139 e. The fourth-order valence-electron chi connectivity index (χ4n) is 3.52. The van der Waals surface area contributed by atoms with Gasteiger partial charge in [-0.2, -0.15) is 0 Å². The van der Waals surface area contributed by atoms with Gasteiger partial charge in [-0.15, -0.1) is 0 Å². The summed E-state index contributed by atoms with van der Waals surface area (Å²) in [5.41, 5.74) is 8.62. The van der Waals surface area contributed by atoms with E-state index in [4.69, 9.17) is 16.6 Å². The number of aromatic amines is 1. The van der Waals surface area contributed by atoms with Crippen molar-refractivity contribution in [3.05, 3.63) is 95.0 Å². The first-order valence-electron chi connectivity index (χ1n) is 9.69. The van der Waals surface area contributed by atoms with Gasteiger partial charge in [0.15, 0.2) is 0 Å². The number of hydrogen-bond acceptors (Lipinski definition) is 1. The van der Waals surface area contributed by atoms with E-state index in [2.05, 4.69) is 67.4 Å². The third-order valence-electron chi connectivity index (χ3n) is 4.87. The van der Waals surface area contributed by atoms with Gasteiger partial charge >= 0.3 is 0 Å². The number of rotatable bonds is 4. The van der Waals surface area contributed by atoms with Crippen LogP contribution in [0.1, 0.15) is 26.3 Å². The van der Waals surface area contributed by atoms with E-state index in [0.717, 1.165) is 44.2 Å². The Hall–Kier alpha value is -3.10. The second-order valence-corrected chi connectivity index (χ2v) is 7.96. The van der Waals surface area contributed by atoms with Crippen molar-refractivity contribution in [3.8, 4) is 22.5 Å². The van der Waals surface area contributed by atoms with E-state index >= 15 is 0 Å². The standard InChI is InChI=1S/C26H23ClN2/c1-17(2)15-22(18(3)27)23-16-20(19-9-5-4-6-10-19)13-14-21(23)26-28-24-11-7-8-12-25(24)29-26/h4-16H,1-3H3,(H,28,29)/b22-18-. The van der Waals surface area contributed by atoms with Crippen molar-refractivity contribution in [1.82, 2.24) is 9.97 Å². The first kappa shape index (κ1) is 19.2. The number of halogens is 1. The molecule has 0 aliphatic heterocycles. The van der Waals surface area contributed by atoms with Crippen LogP contribution in [0, 0.1) is 0 Å². The van der Waals surface area contributed by atoms with Gasteiger partial charge in [-0.3, -0.25) is 0 Å². The van der Waals surface area contributed by atoms with Crippen molar-refractivity contribution in [2.24, 2.45) is 0 Å². The number of imidazole rings is 1. The number of nitrogens with zero attached hydrogens (tertiary/aromatic N) is 1. The second kappa shape index (κ2) is 8.10. The predicted molar refractivity (Wildman–Crippen MR) is 125 cm³/mol. The monoisotopic (exact) mass is 398 g/mol. The second-order valence-electron chi connectivity index (χ2n) is 7.40. The third-order valence-corrected chi connectivity index (χ3v) is 5.07. The van der Waals surface area contributed by atoms with Crippen molar-refractivity contribution >= 4 is 28.2 Å². The SMILES string of the molecule is CC(C)=C/C(=C(\C)Cl)c1cc(-c2ccccc2)ccc1-c1nc2ccccc2[nH]1. The van der Waals surface area contributed by atoms with E-state index in [1.165, 1.54) is 11.1 Å². The molecule has 0 radical (unpaired) electrons. The Morgan fingerprint density at radius 2 is 1.59 bits per heavy atom. The molecule has 1 heterocycles. The molecule has 29 heavy (non-hydrogen) atoms. The molecule has 4 aromatic rings. The maximum Gasteiger partial charge on any atom is 0.139 e. The molecule has 0 atom stereocenters. The molecule has 4 rings (SSSR count). The van der Waals surface area contributed by atoms with Gasteiger partial charge in [-0.05, 0) is 61.2 Å². The minimum atomic E-state index is 0.758. The molecular weight excluding hydrogens is 376 g/mol. The van der Waals surface area contributed by atoms with Crippen LogP contribution in [-0.4, -0.2) is 9.97 Å². The molecule has 1 N–H and O–H groups in total. The maximum absolute atomic E-state index is 6.56. The Kier molecular flexibility index (Phi) is 5.37. The van der Waals surface area contributed by atoms with Crippen molar-refractivity contribution < 1.29 is 0 Å². The van der Waals surface area contributed by atoms with E-state index in [-0.39, 0.29) is 0 Å². The summed E-state index contributed by atoms with van der Waals surface area (Å²) in [4.78, 5) is 8.29. The molecule has 0 aliphatic rings. The molecule has 2 nitrogen and oxygen atoms in total. The number of H-pyrrole nitrogens is 1. The molecule has 0 spiro atoms. The zero-order valence-electron chi connectivity index (χ0n) is 16.8. The highest BCUT2D eigenvalue weighted by molar-refractivity contribution is 6.33. The highest BCUT2D eigenvalue weighted by Gasteiger charge is 2.15. The quantitative estimate of drug-likeness (QED) is 0.348. The summed E-state index contributed by atoms with van der Waals surface area (Å²) < 4.78 is 0. The van der Waals surface area contributed by atoms with Crippen LogP contribution in [0.4, 0.5) is 0 Å². The first-order valence-corrected chi connectivity index (χ1v) is 10.1. The molecular formula is C26H23ClN2. The van der Waals surface area contributed by atoms with Crippen LogP contribution in [0.2, 0.25) is 0 Å². The Morgan fingerprint density at radius 1 is 0.862 bits per heavy atom. The molecule has 3 aromatic carbocycles. The first-order chi connectivity index (χ1) is 14.0. The van der Waals surface area contributed by atoms with E-state index in [1.807, 2.05) is 37.3 Å². The number of nitrogens with one attached hydrogen (secondary N) is 1. The van der Waals surface area contributed by atoms with Gasteiger partial charge in [0.2, 0.25) is 0 Å². The van der Waals surface area contributed by atoms with Crippen molar-refractivity contribution in [1.29, 1.82) is 0 Å². The minimum Gasteiger partial charge on any atom is -0.338 e. The van der Waals surface area contributed by atoms with Crippen molar-refractivity contribution in [2.45, 2.75) is 20.8 Å². The van der Waals surface area contributed by atoms with Crippen LogP contribution in [0.3, 0.4) is 0 Å². The molecule has 0 amide bonds. The highest BCUT2D eigenvalue weighted by atomic mass is 35.5. The summed E-state index contributed by atoms with van der Waals surface area (Å²) in [5.74, 6) is 0.846. The minimum absolute atomic E-state index is 0.758. The molecule has 0 fully saturated rings. The molecule has 0 unspecified atom stereocenters. The molecule has 0 aliphatic carbocycles. The Morgan fingerprint density at radius 3 is 2.28 bits per heavy atom. The largest absolute Gasteiger partial charge is 0.338 e. The molecule has 3 heteroatoms. The lowest BCUT2D eigenvalue weighted by molar-refractivity contribution is 1.32. The Balaban J connectivity index is 1.97. The van der Waals surface area contributed by atoms with Crippen LogP contribution in [0.5, 0.6) is 0 Å². The molecule has 0 saturated carbocycles. The van der Waals surface area contributed by atoms with E-state index in [0.29, 0.717) is 0 Å². The Labute approximate surface area is 176 Å². The van der Waals surface area contributed by atoms with Crippen LogP contribution < -0.4 is 0 Å². The average molecular weight is 399 g/mol. The lowest BCUT2D eigenvalue weighted by Crippen LogP contribution is -1.93. The normalized spacial score (nSPS) is 12.0. The van der Waals surface area contributed by atoms with Gasteiger partial charge < -0.3 is 4.98 Å². The van der Waals surface area contributed by atoms with Gasteiger partial charge in [0.05, 0.1) is 11.0 Å². The lowest BCUT2D eigenvalue weighted by Gasteiger charge is -2.14. The van der Waals surface area contributed by atoms with Crippen LogP contribution in [0.15, 0.2) is 89.5 Å². The summed E-state index contributed by atoms with van der Waals surface area (Å²) in [6, 6.07) is 25.0. The van der Waals surface area contributed by atoms with Crippen LogP contribution in [0.25, 0.3) is 39.1 Å². The Bertz CT molecular complexity index is 1190. The summed E-state index contributed by atoms with van der Waals surface area (Å²) >= 11 is 6.56. The zero-order valence-corrected chi connectivity index (χ0v) is 17.6. The molecule has 0 saturated heterocycles. The van der Waals surface area contributed by atoms with Crippen LogP contribution >= 0.6 is 11.6 Å². The van der Waals surface area contributed by atoms with Gasteiger partial charge in [0.1, 0.15) is 5.82 Å². The van der Waals surface area contributed by atoms with Gasteiger partial charge in [0.25, 0.3) is 0 Å². The summed E-state index contributed by atoms with van der Waals surface area (Å²) in [6.45, 7) is 6.11. The number of benzene rings is 3. The van der Waals surface area contributed by atoms with E-state index in [1.54, 1.807) is 0 Å². The molecule has 144 valence electrons. The van der Waals surface area contributed by atoms with E-state index in [9.17, 15) is 0 Å².